The van der Waals surface area contributed by atoms with E-state index in [0.717, 1.165) is 67.3 Å². The van der Waals surface area contributed by atoms with Crippen molar-refractivity contribution >= 4 is 23.2 Å². The molecule has 0 atom stereocenters. The van der Waals surface area contributed by atoms with Crippen molar-refractivity contribution in [2.45, 2.75) is 51.6 Å². The fourth-order valence-corrected chi connectivity index (χ4v) is 5.59. The van der Waals surface area contributed by atoms with Gasteiger partial charge in [0.25, 0.3) is 11.8 Å². The van der Waals surface area contributed by atoms with Crippen LogP contribution in [-0.2, 0) is 24.3 Å². The fourth-order valence-electron chi connectivity index (χ4n) is 4.57. The molecule has 7 nitrogen and oxygen atoms in total. The minimum absolute atomic E-state index is 0.0258. The molecule has 0 radical (unpaired) electrons. The van der Waals surface area contributed by atoms with Crippen molar-refractivity contribution in [1.82, 2.24) is 19.8 Å². The monoisotopic (exact) mass is 478 g/mol. The normalized spacial score (nSPS) is 15.6. The summed E-state index contributed by atoms with van der Waals surface area (Å²) in [5.41, 5.74) is 1.88. The van der Waals surface area contributed by atoms with E-state index in [-0.39, 0.29) is 18.4 Å². The first kappa shape index (κ1) is 22.7. The number of aromatic nitrogens is 2. The van der Waals surface area contributed by atoms with Crippen molar-refractivity contribution in [3.8, 4) is 16.2 Å². The van der Waals surface area contributed by atoms with Crippen molar-refractivity contribution in [3.05, 3.63) is 59.0 Å². The predicted molar refractivity (Wildman–Crippen MR) is 132 cm³/mol. The Morgan fingerprint density at radius 3 is 2.62 bits per heavy atom. The SMILES string of the molecule is O=C(NCc1cn2c(n1)CCCC2)c1sc(-c2ccccc2)cc1OCC(=O)N1CCCCC1. The quantitative estimate of drug-likeness (QED) is 0.550. The maximum atomic E-state index is 13.2. The molecule has 0 bridgehead atoms. The summed E-state index contributed by atoms with van der Waals surface area (Å²) in [7, 11) is 0. The van der Waals surface area contributed by atoms with Crippen LogP contribution >= 0.6 is 11.3 Å². The third-order valence-corrected chi connectivity index (χ3v) is 7.58. The average molecular weight is 479 g/mol. The van der Waals surface area contributed by atoms with Crippen LogP contribution in [0.4, 0.5) is 0 Å². The molecule has 0 saturated carbocycles. The first-order valence-electron chi connectivity index (χ1n) is 12.1. The molecule has 4 heterocycles. The first-order chi connectivity index (χ1) is 16.7. The summed E-state index contributed by atoms with van der Waals surface area (Å²) >= 11 is 1.38. The van der Waals surface area contributed by atoms with Crippen molar-refractivity contribution < 1.29 is 14.3 Å². The molecule has 1 fully saturated rings. The summed E-state index contributed by atoms with van der Waals surface area (Å²) in [6.45, 7) is 2.86. The number of nitrogens with one attached hydrogen (secondary N) is 1. The predicted octanol–water partition coefficient (Wildman–Crippen LogP) is 4.27. The zero-order chi connectivity index (χ0) is 23.3. The zero-order valence-corrected chi connectivity index (χ0v) is 20.1. The smallest absolute Gasteiger partial charge is 0.265 e. The average Bonchev–Trinajstić information content (AvgIpc) is 3.51. The van der Waals surface area contributed by atoms with Gasteiger partial charge in [-0.05, 0) is 43.7 Å². The van der Waals surface area contributed by atoms with Crippen LogP contribution in [-0.4, -0.2) is 46.0 Å². The van der Waals surface area contributed by atoms with Crippen LogP contribution in [0.5, 0.6) is 5.75 Å². The second-order valence-corrected chi connectivity index (χ2v) is 9.93. The van der Waals surface area contributed by atoms with E-state index in [0.29, 0.717) is 17.2 Å². The number of rotatable bonds is 7. The van der Waals surface area contributed by atoms with Crippen LogP contribution in [0.1, 0.15) is 53.3 Å². The zero-order valence-electron chi connectivity index (χ0n) is 19.3. The molecule has 0 aliphatic carbocycles. The standard InChI is InChI=1S/C26H30N4O3S/c31-24(29-12-6-2-7-13-29)18-33-21-15-22(19-9-3-1-4-10-19)34-25(21)26(32)27-16-20-17-30-14-8-5-11-23(30)28-20/h1,3-4,9-10,15,17H,2,5-8,11-14,16,18H2,(H,27,32). The lowest BCUT2D eigenvalue weighted by Crippen LogP contribution is -2.38. The number of hydrogen-bond acceptors (Lipinski definition) is 5. The lowest BCUT2D eigenvalue weighted by molar-refractivity contribution is -0.134. The van der Waals surface area contributed by atoms with E-state index in [2.05, 4.69) is 14.9 Å². The van der Waals surface area contributed by atoms with Gasteiger partial charge in [-0.25, -0.2) is 4.98 Å². The highest BCUT2D eigenvalue weighted by molar-refractivity contribution is 7.17. The maximum absolute atomic E-state index is 13.2. The molecule has 1 saturated heterocycles. The van der Waals surface area contributed by atoms with E-state index >= 15 is 0 Å². The Kier molecular flexibility index (Phi) is 6.94. The van der Waals surface area contributed by atoms with E-state index < -0.39 is 0 Å². The molecule has 8 heteroatoms. The number of fused-ring (bicyclic) bond motifs is 1. The number of amides is 2. The summed E-state index contributed by atoms with van der Waals surface area (Å²) in [4.78, 5) is 33.7. The van der Waals surface area contributed by atoms with Gasteiger partial charge in [0.05, 0.1) is 12.2 Å². The number of nitrogens with zero attached hydrogens (tertiary/aromatic N) is 3. The molecule has 0 spiro atoms. The number of ether oxygens (including phenoxy) is 1. The van der Waals surface area contributed by atoms with Crippen LogP contribution in [0.3, 0.4) is 0 Å². The number of aryl methyl sites for hydroxylation is 2. The number of benzene rings is 1. The summed E-state index contributed by atoms with van der Waals surface area (Å²) < 4.78 is 8.12. The minimum Gasteiger partial charge on any atom is -0.482 e. The van der Waals surface area contributed by atoms with E-state index in [4.69, 9.17) is 4.74 Å². The highest BCUT2D eigenvalue weighted by Crippen LogP contribution is 2.36. The Bertz CT molecular complexity index is 1120. The topological polar surface area (TPSA) is 76.5 Å². The molecule has 1 aromatic carbocycles. The van der Waals surface area contributed by atoms with Gasteiger partial charge >= 0.3 is 0 Å². The number of thiophene rings is 1. The molecular formula is C26H30N4O3S. The number of imidazole rings is 1. The number of likely N-dealkylation sites (tertiary alicyclic amines) is 1. The van der Waals surface area contributed by atoms with E-state index in [1.165, 1.54) is 24.2 Å². The summed E-state index contributed by atoms with van der Waals surface area (Å²) in [5.74, 6) is 1.31. The Labute approximate surface area is 203 Å². The van der Waals surface area contributed by atoms with Crippen molar-refractivity contribution in [2.75, 3.05) is 19.7 Å². The van der Waals surface area contributed by atoms with Crippen molar-refractivity contribution in [3.63, 3.8) is 0 Å². The molecule has 1 N–H and O–H groups in total. The highest BCUT2D eigenvalue weighted by atomic mass is 32.1. The molecule has 2 amide bonds. The van der Waals surface area contributed by atoms with E-state index in [9.17, 15) is 9.59 Å². The van der Waals surface area contributed by atoms with Gasteiger partial charge in [0.1, 0.15) is 16.5 Å². The largest absolute Gasteiger partial charge is 0.482 e. The van der Waals surface area contributed by atoms with Gasteiger partial charge in [-0.3, -0.25) is 9.59 Å². The third-order valence-electron chi connectivity index (χ3n) is 6.41. The van der Waals surface area contributed by atoms with Crippen LogP contribution in [0, 0.1) is 0 Å². The van der Waals surface area contributed by atoms with Gasteiger partial charge < -0.3 is 19.5 Å². The Morgan fingerprint density at radius 1 is 1.03 bits per heavy atom. The van der Waals surface area contributed by atoms with Crippen molar-refractivity contribution in [1.29, 1.82) is 0 Å². The number of piperidine rings is 1. The van der Waals surface area contributed by atoms with Crippen LogP contribution < -0.4 is 10.1 Å². The van der Waals surface area contributed by atoms with Gasteiger partial charge in [0.2, 0.25) is 0 Å². The van der Waals surface area contributed by atoms with Gasteiger partial charge in [-0.1, -0.05) is 30.3 Å². The summed E-state index contributed by atoms with van der Waals surface area (Å²) in [6, 6.07) is 11.8. The van der Waals surface area contributed by atoms with Gasteiger partial charge in [-0.2, -0.15) is 0 Å². The van der Waals surface area contributed by atoms with E-state index in [1.54, 1.807) is 0 Å². The molecule has 3 aromatic rings. The van der Waals surface area contributed by atoms with Gasteiger partial charge in [0, 0.05) is 37.1 Å². The van der Waals surface area contributed by atoms with Crippen LogP contribution in [0.25, 0.3) is 10.4 Å². The molecule has 178 valence electrons. The number of carbonyl (C=O) groups excluding carboxylic acids is 2. The first-order valence-corrected chi connectivity index (χ1v) is 12.9. The number of carbonyl (C=O) groups is 2. The molecule has 5 rings (SSSR count). The summed E-state index contributed by atoms with van der Waals surface area (Å²) in [5, 5.41) is 3.00. The molecular weight excluding hydrogens is 448 g/mol. The van der Waals surface area contributed by atoms with Gasteiger partial charge in [0.15, 0.2) is 6.61 Å². The minimum atomic E-state index is -0.210. The maximum Gasteiger partial charge on any atom is 0.265 e. The van der Waals surface area contributed by atoms with Gasteiger partial charge in [-0.15, -0.1) is 11.3 Å². The van der Waals surface area contributed by atoms with Crippen molar-refractivity contribution in [2.24, 2.45) is 0 Å². The Balaban J connectivity index is 1.30. The fraction of sp³-hybridized carbons (Fsp3) is 0.423. The number of hydrogen-bond donors (Lipinski definition) is 1. The molecule has 34 heavy (non-hydrogen) atoms. The molecule has 2 aliphatic heterocycles. The second kappa shape index (κ2) is 10.4. The lowest BCUT2D eigenvalue weighted by atomic mass is 10.1. The molecule has 0 unspecified atom stereocenters. The lowest BCUT2D eigenvalue weighted by Gasteiger charge is -2.26. The molecule has 2 aliphatic rings. The molecule has 2 aromatic heterocycles. The van der Waals surface area contributed by atoms with Crippen LogP contribution in [0.2, 0.25) is 0 Å². The Hall–Kier alpha value is -3.13. The highest BCUT2D eigenvalue weighted by Gasteiger charge is 2.22. The third kappa shape index (κ3) is 5.17. The summed E-state index contributed by atoms with van der Waals surface area (Å²) in [6.07, 6.45) is 8.59. The Morgan fingerprint density at radius 2 is 1.82 bits per heavy atom. The van der Waals surface area contributed by atoms with E-state index in [1.807, 2.05) is 47.5 Å². The van der Waals surface area contributed by atoms with Crippen LogP contribution in [0.15, 0.2) is 42.6 Å². The second-order valence-electron chi connectivity index (χ2n) is 8.88.